The molecule has 0 aromatic carbocycles. The van der Waals surface area contributed by atoms with Gasteiger partial charge in [-0.25, -0.2) is 28.8 Å². The number of hydrogen-bond donors (Lipinski definition) is 10. The Morgan fingerprint density at radius 1 is 0.379 bits per heavy atom. The van der Waals surface area contributed by atoms with E-state index in [2.05, 4.69) is 35.8 Å². The molecule has 0 fully saturated rings. The topological polar surface area (TPSA) is 323 Å². The zero-order valence-corrected chi connectivity index (χ0v) is 40.8. The molecule has 0 spiro atoms. The van der Waals surface area contributed by atoms with Crippen LogP contribution in [0.5, 0.6) is 0 Å². The Morgan fingerprint density at radius 2 is 0.591 bits per heavy atom. The molecule has 0 aliphatic heterocycles. The summed E-state index contributed by atoms with van der Waals surface area (Å²) in [6, 6.07) is 0. The van der Waals surface area contributed by atoms with Crippen molar-refractivity contribution in [2.45, 2.75) is 206 Å². The number of hydrogen-bond acceptors (Lipinski definition) is 12. The lowest BCUT2D eigenvalue weighted by Crippen LogP contribution is -2.35. The molecule has 0 aliphatic carbocycles. The van der Waals surface area contributed by atoms with Gasteiger partial charge in [-0.05, 0) is 51.9 Å². The number of aliphatic hydroxyl groups excluding tert-OH is 2. The van der Waals surface area contributed by atoms with Gasteiger partial charge in [0.15, 0.2) is 0 Å². The van der Waals surface area contributed by atoms with Crippen LogP contribution in [-0.2, 0) is 28.8 Å². The average molecular weight is 951 g/mol. The third kappa shape index (κ3) is 60.3. The van der Waals surface area contributed by atoms with Gasteiger partial charge in [-0.3, -0.25) is 9.80 Å². The van der Waals surface area contributed by atoms with Gasteiger partial charge in [-0.2, -0.15) is 0 Å². The Morgan fingerprint density at radius 3 is 0.788 bits per heavy atom. The second kappa shape index (κ2) is 53.9. The van der Waals surface area contributed by atoms with E-state index in [0.717, 1.165) is 77.8 Å². The van der Waals surface area contributed by atoms with Crippen LogP contribution in [0.15, 0.2) is 12.2 Å². The van der Waals surface area contributed by atoms with Crippen molar-refractivity contribution in [2.24, 2.45) is 11.5 Å². The van der Waals surface area contributed by atoms with E-state index in [1.807, 2.05) is 0 Å². The number of carbonyl (C=O) groups is 6. The van der Waals surface area contributed by atoms with Gasteiger partial charge in [0.25, 0.3) is 0 Å². The molecule has 0 saturated carbocycles. The first-order chi connectivity index (χ1) is 31.5. The molecule has 0 rings (SSSR count). The zero-order chi connectivity index (χ0) is 50.6. The predicted octanol–water partition coefficient (Wildman–Crippen LogP) is 7.22. The normalized spacial score (nSPS) is 11.8. The lowest BCUT2D eigenvalue weighted by molar-refractivity contribution is -0.159. The van der Waals surface area contributed by atoms with E-state index < -0.39 is 35.8 Å². The van der Waals surface area contributed by atoms with Gasteiger partial charge in [-0.1, -0.05) is 180 Å². The fraction of sp³-hybridized carbons (Fsp3) is 0.833. The van der Waals surface area contributed by atoms with Crippen LogP contribution in [0, 0.1) is 0 Å². The fourth-order valence-electron chi connectivity index (χ4n) is 6.81. The maximum Gasteiger partial charge on any atom is 0.414 e. The first kappa shape index (κ1) is 68.9. The Bertz CT molecular complexity index is 1050. The Hall–Kier alpha value is -3.68. The van der Waals surface area contributed by atoms with E-state index in [-0.39, 0.29) is 12.2 Å². The molecule has 18 nitrogen and oxygen atoms in total. The molecule has 66 heavy (non-hydrogen) atoms. The SMILES string of the molecule is CCCCCCCCCCCCCCC(O)CN(C/C=C/CN(CCCN)CC(O)CCCCCCCCCCCCCC)CCCN.O=C(O)C(=O)O.O=C(O)C(=O)O.O=C(O)C(=O)O. The summed E-state index contributed by atoms with van der Waals surface area (Å²) < 4.78 is 0. The predicted molar refractivity (Wildman–Crippen MR) is 259 cm³/mol. The van der Waals surface area contributed by atoms with Gasteiger partial charge < -0.3 is 52.3 Å². The molecule has 2 atom stereocenters. The molecular weight excluding hydrogens is 857 g/mol. The summed E-state index contributed by atoms with van der Waals surface area (Å²) in [6.07, 6.45) is 39.9. The van der Waals surface area contributed by atoms with Crippen molar-refractivity contribution in [1.29, 1.82) is 0 Å². The van der Waals surface area contributed by atoms with Crippen LogP contribution in [0.2, 0.25) is 0 Å². The largest absolute Gasteiger partial charge is 0.473 e. The number of nitrogens with two attached hydrogens (primary N) is 2. The van der Waals surface area contributed by atoms with Crippen molar-refractivity contribution >= 4 is 35.8 Å². The van der Waals surface area contributed by atoms with Crippen LogP contribution in [0.3, 0.4) is 0 Å². The van der Waals surface area contributed by atoms with Gasteiger partial charge in [0.2, 0.25) is 0 Å². The van der Waals surface area contributed by atoms with Crippen LogP contribution < -0.4 is 11.5 Å². The number of rotatable bonds is 40. The van der Waals surface area contributed by atoms with Crippen LogP contribution in [0.25, 0.3) is 0 Å². The molecule has 0 heterocycles. The second-order valence-corrected chi connectivity index (χ2v) is 16.8. The Labute approximate surface area is 396 Å². The van der Waals surface area contributed by atoms with Gasteiger partial charge in [0, 0.05) is 26.2 Å². The summed E-state index contributed by atoms with van der Waals surface area (Å²) in [7, 11) is 0. The van der Waals surface area contributed by atoms with Crippen LogP contribution in [0.1, 0.15) is 194 Å². The summed E-state index contributed by atoms with van der Waals surface area (Å²) in [5.41, 5.74) is 11.6. The van der Waals surface area contributed by atoms with Crippen molar-refractivity contribution in [1.82, 2.24) is 9.80 Å². The van der Waals surface area contributed by atoms with Crippen molar-refractivity contribution < 1.29 is 69.6 Å². The van der Waals surface area contributed by atoms with E-state index in [1.165, 1.54) is 141 Å². The highest BCUT2D eigenvalue weighted by molar-refractivity contribution is 6.28. The van der Waals surface area contributed by atoms with Crippen LogP contribution in [0.4, 0.5) is 0 Å². The van der Waals surface area contributed by atoms with Crippen molar-refractivity contribution in [3.8, 4) is 0 Å². The number of carboxylic acids is 6. The van der Waals surface area contributed by atoms with E-state index in [1.54, 1.807) is 0 Å². The van der Waals surface area contributed by atoms with Gasteiger partial charge in [-0.15, -0.1) is 0 Å². The second-order valence-electron chi connectivity index (χ2n) is 16.8. The van der Waals surface area contributed by atoms with Gasteiger partial charge in [0.1, 0.15) is 0 Å². The molecular formula is C48H94N4O14. The fourth-order valence-corrected chi connectivity index (χ4v) is 6.81. The monoisotopic (exact) mass is 951 g/mol. The molecule has 12 N–H and O–H groups in total. The highest BCUT2D eigenvalue weighted by Crippen LogP contribution is 2.15. The lowest BCUT2D eigenvalue weighted by Gasteiger charge is -2.25. The molecule has 0 radical (unpaired) electrons. The van der Waals surface area contributed by atoms with Crippen molar-refractivity contribution in [2.75, 3.05) is 52.4 Å². The average Bonchev–Trinajstić information content (AvgIpc) is 3.27. The molecule has 2 unspecified atom stereocenters. The third-order valence-corrected chi connectivity index (χ3v) is 10.5. The number of aliphatic carboxylic acids is 6. The van der Waals surface area contributed by atoms with E-state index >= 15 is 0 Å². The molecule has 0 bridgehead atoms. The number of aliphatic hydroxyl groups is 2. The molecule has 390 valence electrons. The summed E-state index contributed by atoms with van der Waals surface area (Å²) in [4.78, 5) is 59.3. The molecule has 0 amide bonds. The minimum atomic E-state index is -1.82. The minimum Gasteiger partial charge on any atom is -0.473 e. The minimum absolute atomic E-state index is 0.268. The van der Waals surface area contributed by atoms with E-state index in [9.17, 15) is 10.2 Å². The smallest absolute Gasteiger partial charge is 0.414 e. The zero-order valence-electron chi connectivity index (χ0n) is 40.8. The molecule has 0 aromatic heterocycles. The highest BCUT2D eigenvalue weighted by Gasteiger charge is 2.13. The lowest BCUT2D eigenvalue weighted by atomic mass is 10.0. The van der Waals surface area contributed by atoms with Crippen molar-refractivity contribution in [3.05, 3.63) is 12.2 Å². The van der Waals surface area contributed by atoms with Crippen LogP contribution in [-0.4, -0.2) is 151 Å². The summed E-state index contributed by atoms with van der Waals surface area (Å²) >= 11 is 0. The molecule has 18 heteroatoms. The summed E-state index contributed by atoms with van der Waals surface area (Å²) in [5, 5.41) is 65.9. The molecule has 0 saturated heterocycles. The number of nitrogens with zero attached hydrogens (tertiary/aromatic N) is 2. The Kier molecular flexibility index (Phi) is 56.3. The Balaban J connectivity index is -0.000000887. The van der Waals surface area contributed by atoms with E-state index in [0.29, 0.717) is 13.1 Å². The third-order valence-electron chi connectivity index (χ3n) is 10.5. The summed E-state index contributed by atoms with van der Waals surface area (Å²) in [5.74, 6) is -10.9. The quantitative estimate of drug-likeness (QED) is 0.0165. The standard InChI is InChI=1S/C42H88N4O2.3C2H2O4/c1-3-5-7-9-11-13-15-17-19-21-23-25-31-41(47)39-45(37-29-33-43)35-27-28-36-46(38-30-34-44)40-42(48)32-26-24-22-20-18-16-14-12-10-8-6-4-2;3*3-1(4)2(5)6/h27-28,41-42,47-48H,3-26,29-40,43-44H2,1-2H3;3*(H,3,4)(H,5,6)/b28-27+;;;. The van der Waals surface area contributed by atoms with E-state index in [4.69, 9.17) is 70.9 Å². The maximum atomic E-state index is 10.8. The van der Waals surface area contributed by atoms with Crippen molar-refractivity contribution in [3.63, 3.8) is 0 Å². The van der Waals surface area contributed by atoms with Gasteiger partial charge >= 0.3 is 35.8 Å². The van der Waals surface area contributed by atoms with Gasteiger partial charge in [0.05, 0.1) is 12.2 Å². The number of unbranched alkanes of at least 4 members (excludes halogenated alkanes) is 22. The number of carboxylic acid groups (broad SMARTS) is 6. The first-order valence-corrected chi connectivity index (χ1v) is 24.7. The van der Waals surface area contributed by atoms with Crippen LogP contribution >= 0.6 is 0 Å². The first-order valence-electron chi connectivity index (χ1n) is 24.7. The molecule has 0 aliphatic rings. The summed E-state index contributed by atoms with van der Waals surface area (Å²) in [6.45, 7) is 10.9. The highest BCUT2D eigenvalue weighted by atomic mass is 16.5. The molecule has 0 aromatic rings. The maximum absolute atomic E-state index is 10.8.